The summed E-state index contributed by atoms with van der Waals surface area (Å²) in [6, 6.07) is 10.7. The molecule has 0 saturated heterocycles. The summed E-state index contributed by atoms with van der Waals surface area (Å²) in [6.07, 6.45) is 0. The molecule has 0 aromatic heterocycles. The fraction of sp³-hybridized carbons (Fsp3) is 0.278. The van der Waals surface area contributed by atoms with E-state index in [1.54, 1.807) is 52.6 Å². The number of halogens is 1. The van der Waals surface area contributed by atoms with E-state index in [-0.39, 0.29) is 5.91 Å². The molecule has 0 spiro atoms. The third-order valence-corrected chi connectivity index (χ3v) is 3.80. The van der Waals surface area contributed by atoms with Crippen molar-refractivity contribution >= 4 is 23.2 Å². The number of methoxy groups -OCH3 is 2. The van der Waals surface area contributed by atoms with Crippen molar-refractivity contribution in [1.82, 2.24) is 4.90 Å². The minimum Gasteiger partial charge on any atom is -0.496 e. The van der Waals surface area contributed by atoms with Crippen LogP contribution in [0.4, 0.5) is 5.69 Å². The Morgan fingerprint density at radius 1 is 1.08 bits per heavy atom. The first kappa shape index (κ1) is 17.9. The number of carbonyl (C=O) groups excluding carboxylic acids is 1. The maximum atomic E-state index is 12.1. The van der Waals surface area contributed by atoms with Gasteiger partial charge in [-0.25, -0.2) is 0 Å². The van der Waals surface area contributed by atoms with Crippen molar-refractivity contribution in [3.05, 3.63) is 52.5 Å². The average Bonchev–Trinajstić information content (AvgIpc) is 2.59. The van der Waals surface area contributed by atoms with Crippen LogP contribution in [0.1, 0.15) is 15.9 Å². The SMILES string of the molecule is COc1ccc(Cl)cc1CNc1cc(C(=O)N(C)C)ccc1OC. The molecule has 1 N–H and O–H groups in total. The summed E-state index contributed by atoms with van der Waals surface area (Å²) < 4.78 is 10.7. The predicted octanol–water partition coefficient (Wildman–Crippen LogP) is 3.67. The maximum Gasteiger partial charge on any atom is 0.253 e. The van der Waals surface area contributed by atoms with Crippen LogP contribution in [0, 0.1) is 0 Å². The molecule has 0 aliphatic heterocycles. The summed E-state index contributed by atoms with van der Waals surface area (Å²) in [7, 11) is 6.64. The fourth-order valence-electron chi connectivity index (χ4n) is 2.31. The van der Waals surface area contributed by atoms with E-state index in [9.17, 15) is 4.79 Å². The second-order valence-corrected chi connectivity index (χ2v) is 5.86. The van der Waals surface area contributed by atoms with E-state index in [1.807, 2.05) is 12.1 Å². The lowest BCUT2D eigenvalue weighted by Crippen LogP contribution is -2.21. The number of benzene rings is 2. The molecule has 128 valence electrons. The van der Waals surface area contributed by atoms with Crippen LogP contribution in [0.15, 0.2) is 36.4 Å². The molecular formula is C18H21ClN2O3. The number of carbonyl (C=O) groups is 1. The van der Waals surface area contributed by atoms with Crippen molar-refractivity contribution in [3.63, 3.8) is 0 Å². The van der Waals surface area contributed by atoms with Crippen LogP contribution in [0.25, 0.3) is 0 Å². The van der Waals surface area contributed by atoms with Crippen LogP contribution in [0.3, 0.4) is 0 Å². The highest BCUT2D eigenvalue weighted by atomic mass is 35.5. The Morgan fingerprint density at radius 2 is 1.75 bits per heavy atom. The summed E-state index contributed by atoms with van der Waals surface area (Å²) in [4.78, 5) is 13.7. The molecule has 2 rings (SSSR count). The first-order valence-electron chi connectivity index (χ1n) is 7.42. The molecule has 6 heteroatoms. The number of hydrogen-bond donors (Lipinski definition) is 1. The molecule has 0 aliphatic rings. The zero-order valence-electron chi connectivity index (χ0n) is 14.2. The molecule has 2 aromatic carbocycles. The highest BCUT2D eigenvalue weighted by Gasteiger charge is 2.12. The minimum absolute atomic E-state index is 0.0685. The molecule has 24 heavy (non-hydrogen) atoms. The van der Waals surface area contributed by atoms with Gasteiger partial charge in [-0.15, -0.1) is 0 Å². The van der Waals surface area contributed by atoms with Gasteiger partial charge in [-0.3, -0.25) is 4.79 Å². The third-order valence-electron chi connectivity index (χ3n) is 3.56. The zero-order chi connectivity index (χ0) is 17.7. The monoisotopic (exact) mass is 348 g/mol. The summed E-state index contributed by atoms with van der Waals surface area (Å²) in [5.41, 5.74) is 2.23. The number of amides is 1. The topological polar surface area (TPSA) is 50.8 Å². The van der Waals surface area contributed by atoms with Crippen LogP contribution in [0.5, 0.6) is 11.5 Å². The Hall–Kier alpha value is -2.40. The summed E-state index contributed by atoms with van der Waals surface area (Å²) in [5.74, 6) is 1.33. The molecule has 0 heterocycles. The first-order chi connectivity index (χ1) is 11.5. The van der Waals surface area contributed by atoms with Crippen molar-refractivity contribution in [3.8, 4) is 11.5 Å². The van der Waals surface area contributed by atoms with Crippen LogP contribution >= 0.6 is 11.6 Å². The smallest absolute Gasteiger partial charge is 0.253 e. The molecule has 5 nitrogen and oxygen atoms in total. The Kier molecular flexibility index (Phi) is 5.93. The summed E-state index contributed by atoms with van der Waals surface area (Å²) in [6.45, 7) is 0.486. The lowest BCUT2D eigenvalue weighted by molar-refractivity contribution is 0.0827. The van der Waals surface area contributed by atoms with Gasteiger partial charge in [0.2, 0.25) is 0 Å². The lowest BCUT2D eigenvalue weighted by atomic mass is 10.1. The number of nitrogens with one attached hydrogen (secondary N) is 1. The number of hydrogen-bond acceptors (Lipinski definition) is 4. The van der Waals surface area contributed by atoms with Gasteiger partial charge < -0.3 is 19.7 Å². The van der Waals surface area contributed by atoms with Gasteiger partial charge in [0, 0.05) is 36.8 Å². The number of rotatable bonds is 6. The highest BCUT2D eigenvalue weighted by molar-refractivity contribution is 6.30. The molecule has 0 fully saturated rings. The number of nitrogens with zero attached hydrogens (tertiary/aromatic N) is 1. The molecule has 0 atom stereocenters. The van der Waals surface area contributed by atoms with Gasteiger partial charge in [0.1, 0.15) is 11.5 Å². The molecule has 2 aromatic rings. The third kappa shape index (κ3) is 4.11. The van der Waals surface area contributed by atoms with E-state index in [2.05, 4.69) is 5.32 Å². The number of ether oxygens (including phenoxy) is 2. The summed E-state index contributed by atoms with van der Waals surface area (Å²) >= 11 is 6.06. The van der Waals surface area contributed by atoms with Crippen molar-refractivity contribution in [2.24, 2.45) is 0 Å². The van der Waals surface area contributed by atoms with Gasteiger partial charge >= 0.3 is 0 Å². The van der Waals surface area contributed by atoms with Crippen molar-refractivity contribution in [2.45, 2.75) is 6.54 Å². The maximum absolute atomic E-state index is 12.1. The average molecular weight is 349 g/mol. The van der Waals surface area contributed by atoms with E-state index in [1.165, 1.54) is 4.90 Å². The largest absolute Gasteiger partial charge is 0.496 e. The van der Waals surface area contributed by atoms with Crippen molar-refractivity contribution in [1.29, 1.82) is 0 Å². The second kappa shape index (κ2) is 7.93. The lowest BCUT2D eigenvalue weighted by Gasteiger charge is -2.16. The minimum atomic E-state index is -0.0685. The molecule has 0 saturated carbocycles. The van der Waals surface area contributed by atoms with Gasteiger partial charge in [0.05, 0.1) is 19.9 Å². The van der Waals surface area contributed by atoms with Gasteiger partial charge in [-0.05, 0) is 36.4 Å². The van der Waals surface area contributed by atoms with Gasteiger partial charge in [0.25, 0.3) is 5.91 Å². The van der Waals surface area contributed by atoms with Gasteiger partial charge in [0.15, 0.2) is 0 Å². The van der Waals surface area contributed by atoms with Crippen molar-refractivity contribution in [2.75, 3.05) is 33.6 Å². The van der Waals surface area contributed by atoms with E-state index in [0.717, 1.165) is 17.0 Å². The Morgan fingerprint density at radius 3 is 2.38 bits per heavy atom. The highest BCUT2D eigenvalue weighted by Crippen LogP contribution is 2.28. The standard InChI is InChI=1S/C18H21ClN2O3/c1-21(2)18(22)12-5-7-17(24-4)15(10-12)20-11-13-9-14(19)6-8-16(13)23-3/h5-10,20H,11H2,1-4H3. The quantitative estimate of drug-likeness (QED) is 0.865. The number of anilines is 1. The van der Waals surface area contributed by atoms with Crippen LogP contribution in [-0.4, -0.2) is 39.1 Å². The van der Waals surface area contributed by atoms with Crippen LogP contribution < -0.4 is 14.8 Å². The van der Waals surface area contributed by atoms with E-state index < -0.39 is 0 Å². The Balaban J connectivity index is 2.27. The zero-order valence-corrected chi connectivity index (χ0v) is 15.0. The fourth-order valence-corrected chi connectivity index (χ4v) is 2.51. The Labute approximate surface area is 147 Å². The molecule has 0 radical (unpaired) electrons. The summed E-state index contributed by atoms with van der Waals surface area (Å²) in [5, 5.41) is 3.92. The molecular weight excluding hydrogens is 328 g/mol. The molecule has 0 unspecified atom stereocenters. The van der Waals surface area contributed by atoms with E-state index in [0.29, 0.717) is 22.9 Å². The van der Waals surface area contributed by atoms with Crippen LogP contribution in [0.2, 0.25) is 5.02 Å². The second-order valence-electron chi connectivity index (χ2n) is 5.42. The first-order valence-corrected chi connectivity index (χ1v) is 7.80. The normalized spacial score (nSPS) is 10.2. The van der Waals surface area contributed by atoms with Gasteiger partial charge in [-0.1, -0.05) is 11.6 Å². The molecule has 0 bridgehead atoms. The predicted molar refractivity (Wildman–Crippen MR) is 96.3 cm³/mol. The van der Waals surface area contributed by atoms with Gasteiger partial charge in [-0.2, -0.15) is 0 Å². The van der Waals surface area contributed by atoms with Crippen molar-refractivity contribution < 1.29 is 14.3 Å². The molecule has 1 amide bonds. The van der Waals surface area contributed by atoms with Crippen LogP contribution in [-0.2, 0) is 6.54 Å². The Bertz CT molecular complexity index is 732. The van der Waals surface area contributed by atoms with E-state index >= 15 is 0 Å². The van der Waals surface area contributed by atoms with E-state index in [4.69, 9.17) is 21.1 Å². The molecule has 0 aliphatic carbocycles.